The molecule has 8 heteroatoms. The van der Waals surface area contributed by atoms with Gasteiger partial charge in [0.2, 0.25) is 0 Å². The molecule has 3 aromatic rings. The molecule has 2 aromatic carbocycles. The van der Waals surface area contributed by atoms with Crippen LogP contribution in [0.1, 0.15) is 26.4 Å². The van der Waals surface area contributed by atoms with Gasteiger partial charge in [-0.15, -0.1) is 0 Å². The molecule has 1 heterocycles. The van der Waals surface area contributed by atoms with Crippen LogP contribution in [0.25, 0.3) is 6.08 Å². The maximum Gasteiger partial charge on any atom is 0.363 e. The van der Waals surface area contributed by atoms with E-state index in [1.807, 2.05) is 12.1 Å². The highest BCUT2D eigenvalue weighted by molar-refractivity contribution is 6.11. The Labute approximate surface area is 179 Å². The predicted octanol–water partition coefficient (Wildman–Crippen LogP) is 3.62. The van der Waals surface area contributed by atoms with Crippen molar-refractivity contribution in [2.24, 2.45) is 0 Å². The number of nitrogens with zero attached hydrogens (tertiary/aromatic N) is 2. The van der Waals surface area contributed by atoms with E-state index >= 15 is 0 Å². The van der Waals surface area contributed by atoms with Gasteiger partial charge in [0.25, 0.3) is 0 Å². The second kappa shape index (κ2) is 10.0. The zero-order valence-corrected chi connectivity index (χ0v) is 17.2. The van der Waals surface area contributed by atoms with Crippen molar-refractivity contribution in [1.82, 2.24) is 9.97 Å². The minimum Gasteiger partial charge on any atom is -0.497 e. The maximum atomic E-state index is 13.0. The third-order valence-electron chi connectivity index (χ3n) is 4.26. The quantitative estimate of drug-likeness (QED) is 0.236. The van der Waals surface area contributed by atoms with Gasteiger partial charge < -0.3 is 18.9 Å². The number of carbonyl (C=O) groups is 2. The Hall–Kier alpha value is -4.20. The molecule has 8 nitrogen and oxygen atoms in total. The molecule has 0 fully saturated rings. The molecule has 0 bridgehead atoms. The molecule has 31 heavy (non-hydrogen) atoms. The van der Waals surface area contributed by atoms with Crippen LogP contribution in [0.4, 0.5) is 0 Å². The van der Waals surface area contributed by atoms with Crippen molar-refractivity contribution in [3.8, 4) is 23.0 Å². The second-order valence-corrected chi connectivity index (χ2v) is 6.15. The summed E-state index contributed by atoms with van der Waals surface area (Å²) >= 11 is 0. The van der Waals surface area contributed by atoms with E-state index in [2.05, 4.69) is 9.97 Å². The summed E-state index contributed by atoms with van der Waals surface area (Å²) in [6.07, 6.45) is 7.08. The Bertz CT molecular complexity index is 1100. The van der Waals surface area contributed by atoms with Gasteiger partial charge >= 0.3 is 5.97 Å². The highest BCUT2D eigenvalue weighted by atomic mass is 16.5. The highest BCUT2D eigenvalue weighted by Gasteiger charge is 2.22. The van der Waals surface area contributed by atoms with Crippen molar-refractivity contribution in [1.29, 1.82) is 0 Å². The van der Waals surface area contributed by atoms with Crippen LogP contribution in [-0.4, -0.2) is 43.0 Å². The van der Waals surface area contributed by atoms with Gasteiger partial charge in [-0.05, 0) is 23.8 Å². The van der Waals surface area contributed by atoms with E-state index in [-0.39, 0.29) is 22.8 Å². The molecular weight excluding hydrogens is 400 g/mol. The van der Waals surface area contributed by atoms with E-state index in [9.17, 15) is 9.59 Å². The van der Waals surface area contributed by atoms with E-state index < -0.39 is 11.8 Å². The van der Waals surface area contributed by atoms with Crippen molar-refractivity contribution in [3.63, 3.8) is 0 Å². The van der Waals surface area contributed by atoms with Crippen LogP contribution in [0, 0.1) is 0 Å². The topological polar surface area (TPSA) is 96.8 Å². The van der Waals surface area contributed by atoms with Crippen LogP contribution in [0.5, 0.6) is 23.0 Å². The van der Waals surface area contributed by atoms with Gasteiger partial charge in [0.05, 0.1) is 27.5 Å². The lowest BCUT2D eigenvalue weighted by molar-refractivity contribution is 0.0725. The SMILES string of the molecule is COc1ccc(C=CC(=O)c2c(OC)cc(OC)cc2OC(=O)c2cnccn2)cc1. The van der Waals surface area contributed by atoms with E-state index in [1.165, 1.54) is 51.0 Å². The first kappa shape index (κ1) is 21.5. The number of esters is 1. The molecular formula is C23H20N2O6. The highest BCUT2D eigenvalue weighted by Crippen LogP contribution is 2.35. The van der Waals surface area contributed by atoms with Gasteiger partial charge in [0.15, 0.2) is 11.5 Å². The number of rotatable bonds is 8. The Morgan fingerprint density at radius 2 is 1.58 bits per heavy atom. The molecule has 0 amide bonds. The number of allylic oxidation sites excluding steroid dienone is 1. The zero-order valence-electron chi connectivity index (χ0n) is 17.2. The van der Waals surface area contributed by atoms with Crippen molar-refractivity contribution in [2.75, 3.05) is 21.3 Å². The van der Waals surface area contributed by atoms with Gasteiger partial charge in [-0.25, -0.2) is 9.78 Å². The van der Waals surface area contributed by atoms with Crippen molar-refractivity contribution in [2.45, 2.75) is 0 Å². The fourth-order valence-corrected chi connectivity index (χ4v) is 2.69. The number of ketones is 1. The van der Waals surface area contributed by atoms with Gasteiger partial charge in [0, 0.05) is 24.5 Å². The summed E-state index contributed by atoms with van der Waals surface area (Å²) in [6.45, 7) is 0. The molecule has 0 aliphatic carbocycles. The first-order valence-electron chi connectivity index (χ1n) is 9.16. The summed E-state index contributed by atoms with van der Waals surface area (Å²) < 4.78 is 21.2. The number of benzene rings is 2. The molecule has 0 unspecified atom stereocenters. The fourth-order valence-electron chi connectivity index (χ4n) is 2.69. The van der Waals surface area contributed by atoms with Crippen molar-refractivity contribution in [3.05, 3.63) is 77.9 Å². The standard InChI is InChI=1S/C23H20N2O6/c1-28-16-7-4-15(5-8-16)6-9-19(26)22-20(30-3)12-17(29-2)13-21(22)31-23(27)18-14-24-10-11-25-18/h4-14H,1-3H3. The lowest BCUT2D eigenvalue weighted by atomic mass is 10.1. The van der Waals surface area contributed by atoms with Crippen LogP contribution in [0.3, 0.4) is 0 Å². The Balaban J connectivity index is 1.95. The summed E-state index contributed by atoms with van der Waals surface area (Å²) in [5.74, 6) is 0.0590. The van der Waals surface area contributed by atoms with Gasteiger partial charge in [-0.2, -0.15) is 0 Å². The van der Waals surface area contributed by atoms with Crippen LogP contribution in [0.15, 0.2) is 61.1 Å². The lowest BCUT2D eigenvalue weighted by Crippen LogP contribution is -2.13. The molecule has 158 valence electrons. The predicted molar refractivity (Wildman–Crippen MR) is 113 cm³/mol. The zero-order chi connectivity index (χ0) is 22.2. The number of ether oxygens (including phenoxy) is 4. The summed E-state index contributed by atoms with van der Waals surface area (Å²) in [5.41, 5.74) is 0.862. The third kappa shape index (κ3) is 5.24. The lowest BCUT2D eigenvalue weighted by Gasteiger charge is -2.14. The van der Waals surface area contributed by atoms with E-state index in [4.69, 9.17) is 18.9 Å². The van der Waals surface area contributed by atoms with Crippen LogP contribution in [-0.2, 0) is 0 Å². The van der Waals surface area contributed by atoms with E-state index in [0.717, 1.165) is 5.56 Å². The van der Waals surface area contributed by atoms with Gasteiger partial charge in [0.1, 0.15) is 28.6 Å². The summed E-state index contributed by atoms with van der Waals surface area (Å²) in [7, 11) is 4.44. The molecule has 0 N–H and O–H groups in total. The Kier molecular flexibility index (Phi) is 6.95. The summed E-state index contributed by atoms with van der Waals surface area (Å²) in [5, 5.41) is 0. The van der Waals surface area contributed by atoms with Gasteiger partial charge in [-0.3, -0.25) is 9.78 Å². The minimum atomic E-state index is -0.767. The first-order valence-corrected chi connectivity index (χ1v) is 9.16. The molecule has 0 saturated heterocycles. The molecule has 0 radical (unpaired) electrons. The number of methoxy groups -OCH3 is 3. The fraction of sp³-hybridized carbons (Fsp3) is 0.130. The maximum absolute atomic E-state index is 13.0. The number of aromatic nitrogens is 2. The number of hydrogen-bond acceptors (Lipinski definition) is 8. The normalized spacial score (nSPS) is 10.5. The number of carbonyl (C=O) groups excluding carboxylic acids is 2. The van der Waals surface area contributed by atoms with Crippen LogP contribution in [0.2, 0.25) is 0 Å². The average Bonchev–Trinajstić information content (AvgIpc) is 2.82. The third-order valence-corrected chi connectivity index (χ3v) is 4.26. The molecule has 0 aliphatic heterocycles. The Morgan fingerprint density at radius 3 is 2.19 bits per heavy atom. The monoisotopic (exact) mass is 420 g/mol. The first-order chi connectivity index (χ1) is 15.0. The summed E-state index contributed by atoms with van der Waals surface area (Å²) in [6, 6.07) is 10.2. The molecule has 0 saturated carbocycles. The van der Waals surface area contributed by atoms with Crippen LogP contribution < -0.4 is 18.9 Å². The Morgan fingerprint density at radius 1 is 0.871 bits per heavy atom. The van der Waals surface area contributed by atoms with E-state index in [0.29, 0.717) is 11.5 Å². The van der Waals surface area contributed by atoms with E-state index in [1.54, 1.807) is 25.3 Å². The van der Waals surface area contributed by atoms with Gasteiger partial charge in [-0.1, -0.05) is 18.2 Å². The summed E-state index contributed by atoms with van der Waals surface area (Å²) in [4.78, 5) is 33.3. The minimum absolute atomic E-state index is 0.00328. The van der Waals surface area contributed by atoms with Crippen molar-refractivity contribution < 1.29 is 28.5 Å². The largest absolute Gasteiger partial charge is 0.497 e. The molecule has 3 rings (SSSR count). The molecule has 0 spiro atoms. The molecule has 0 atom stereocenters. The van der Waals surface area contributed by atoms with Crippen LogP contribution >= 0.6 is 0 Å². The molecule has 0 aliphatic rings. The number of hydrogen-bond donors (Lipinski definition) is 0. The second-order valence-electron chi connectivity index (χ2n) is 6.15. The van der Waals surface area contributed by atoms with Crippen molar-refractivity contribution >= 4 is 17.8 Å². The smallest absolute Gasteiger partial charge is 0.363 e. The molecule has 1 aromatic heterocycles. The average molecular weight is 420 g/mol.